The first-order valence-corrected chi connectivity index (χ1v) is 8.90. The van der Waals surface area contributed by atoms with Crippen molar-refractivity contribution in [1.29, 1.82) is 0 Å². The number of benzene rings is 2. The number of methoxy groups -OCH3 is 1. The molecule has 2 aromatic rings. The number of hydrogen-bond acceptors (Lipinski definition) is 4. The molecule has 0 amide bonds. The zero-order valence-corrected chi connectivity index (χ0v) is 14.5. The number of ether oxygens (including phenoxy) is 1. The molecule has 5 heteroatoms. The van der Waals surface area contributed by atoms with E-state index in [2.05, 4.69) is 0 Å². The van der Waals surface area contributed by atoms with Crippen LogP contribution in [0.5, 0.6) is 0 Å². The fourth-order valence-corrected chi connectivity index (χ4v) is 4.87. The van der Waals surface area contributed by atoms with Crippen LogP contribution in [0.4, 0.5) is 4.79 Å². The molecule has 0 aliphatic heterocycles. The number of rotatable bonds is 4. The molecule has 120 valence electrons. The van der Waals surface area contributed by atoms with E-state index in [1.165, 1.54) is 12.1 Å². The largest absolute Gasteiger partial charge is 0.463 e. The number of aryl methyl sites for hydroxylation is 3. The average Bonchev–Trinajstić information content (AvgIpc) is 2.53. The van der Waals surface area contributed by atoms with Crippen molar-refractivity contribution in [3.05, 3.63) is 64.7 Å². The quantitative estimate of drug-likeness (QED) is 0.788. The van der Waals surface area contributed by atoms with Gasteiger partial charge in [-0.05, 0) is 31.9 Å². The summed E-state index contributed by atoms with van der Waals surface area (Å²) in [5.41, 5.74) is 1.07. The third kappa shape index (κ3) is 2.99. The van der Waals surface area contributed by atoms with Crippen molar-refractivity contribution in [1.82, 2.24) is 0 Å². The Morgan fingerprint density at radius 1 is 0.957 bits per heavy atom. The van der Waals surface area contributed by atoms with Crippen molar-refractivity contribution >= 4 is 23.7 Å². The molecule has 0 heterocycles. The van der Waals surface area contributed by atoms with Gasteiger partial charge in [0.15, 0.2) is 0 Å². The Labute approximate surface area is 135 Å². The monoisotopic (exact) mass is 330 g/mol. The number of carbonyl (C=O) groups is 2. The molecule has 1 atom stereocenters. The van der Waals surface area contributed by atoms with Gasteiger partial charge in [-0.1, -0.05) is 48.0 Å². The van der Waals surface area contributed by atoms with Crippen molar-refractivity contribution in [3.63, 3.8) is 0 Å². The van der Waals surface area contributed by atoms with Crippen LogP contribution in [0, 0.1) is 20.8 Å². The molecule has 0 fully saturated rings. The number of hydrogen-bond donors (Lipinski definition) is 0. The van der Waals surface area contributed by atoms with Crippen LogP contribution in [0.2, 0.25) is 0 Å². The average molecular weight is 330 g/mol. The van der Waals surface area contributed by atoms with Crippen molar-refractivity contribution in [2.75, 3.05) is 7.11 Å². The summed E-state index contributed by atoms with van der Waals surface area (Å²) < 4.78 is 18.1. The van der Waals surface area contributed by atoms with Gasteiger partial charge >= 0.3 is 5.71 Å². The van der Waals surface area contributed by atoms with Crippen LogP contribution in [0.15, 0.2) is 42.5 Å². The third-order valence-corrected chi connectivity index (χ3v) is 6.25. The van der Waals surface area contributed by atoms with E-state index < -0.39 is 18.4 Å². The van der Waals surface area contributed by atoms with Crippen LogP contribution in [0.25, 0.3) is 0 Å². The smallest absolute Gasteiger partial charge is 0.376 e. The predicted molar refractivity (Wildman–Crippen MR) is 91.1 cm³/mol. The lowest BCUT2D eigenvalue weighted by molar-refractivity contribution is 0.107. The molecule has 0 saturated carbocycles. The van der Waals surface area contributed by atoms with Crippen LogP contribution < -0.4 is 5.30 Å². The molecule has 4 nitrogen and oxygen atoms in total. The second-order valence-electron chi connectivity index (χ2n) is 5.49. The van der Waals surface area contributed by atoms with Crippen molar-refractivity contribution in [2.45, 2.75) is 20.8 Å². The Bertz CT molecular complexity index is 786. The van der Waals surface area contributed by atoms with E-state index in [4.69, 9.17) is 4.74 Å². The molecule has 0 bridgehead atoms. The van der Waals surface area contributed by atoms with Crippen LogP contribution in [-0.2, 0) is 9.30 Å². The minimum absolute atomic E-state index is 0.191. The SMILES string of the molecule is COC(=O)P(=O)(C(=O)c1c(C)cc(C)cc1C)c1ccccc1. The molecular formula is C18H19O4P. The Morgan fingerprint density at radius 3 is 1.96 bits per heavy atom. The van der Waals surface area contributed by atoms with E-state index in [9.17, 15) is 14.2 Å². The summed E-state index contributed by atoms with van der Waals surface area (Å²) >= 11 is 0. The van der Waals surface area contributed by atoms with Crippen LogP contribution >= 0.6 is 7.14 Å². The fourth-order valence-electron chi connectivity index (χ4n) is 2.75. The summed E-state index contributed by atoms with van der Waals surface area (Å²) in [7, 11) is -2.91. The number of carbonyl (C=O) groups excluding carboxylic acids is 2. The van der Waals surface area contributed by atoms with Gasteiger partial charge in [-0.3, -0.25) is 9.36 Å². The first kappa shape index (κ1) is 17.2. The lowest BCUT2D eigenvalue weighted by Crippen LogP contribution is -2.21. The minimum atomic E-state index is -4.04. The predicted octanol–water partition coefficient (Wildman–Crippen LogP) is 4.21. The minimum Gasteiger partial charge on any atom is -0.463 e. The third-order valence-electron chi connectivity index (χ3n) is 3.73. The zero-order valence-electron chi connectivity index (χ0n) is 13.6. The molecular weight excluding hydrogens is 311 g/mol. The van der Waals surface area contributed by atoms with Crippen molar-refractivity contribution in [2.24, 2.45) is 0 Å². The highest BCUT2D eigenvalue weighted by molar-refractivity contribution is 8.00. The second-order valence-corrected chi connectivity index (χ2v) is 8.00. The highest BCUT2D eigenvalue weighted by Crippen LogP contribution is 2.50. The van der Waals surface area contributed by atoms with Crippen LogP contribution in [-0.4, -0.2) is 18.3 Å². The summed E-state index contributed by atoms with van der Waals surface area (Å²) in [6.45, 7) is 5.48. The summed E-state index contributed by atoms with van der Waals surface area (Å²) in [6, 6.07) is 11.8. The molecule has 0 aromatic heterocycles. The van der Waals surface area contributed by atoms with Gasteiger partial charge < -0.3 is 4.74 Å². The standard InChI is InChI=1S/C18H19O4P/c1-12-10-13(2)16(14(3)11-12)17(19)23(21,18(20)22-4)15-8-6-5-7-9-15/h5-11H,1-4H3. The fraction of sp³-hybridized carbons (Fsp3) is 0.222. The summed E-state index contributed by atoms with van der Waals surface area (Å²) in [5.74, 6) is 0. The zero-order chi connectivity index (χ0) is 17.2. The van der Waals surface area contributed by atoms with Gasteiger partial charge in [0, 0.05) is 10.9 Å². The summed E-state index contributed by atoms with van der Waals surface area (Å²) in [4.78, 5) is 25.3. The Kier molecular flexibility index (Phi) is 4.86. The Hall–Kier alpha value is -2.19. The van der Waals surface area contributed by atoms with Crippen LogP contribution in [0.3, 0.4) is 0 Å². The molecule has 0 N–H and O–H groups in total. The molecule has 0 radical (unpaired) electrons. The van der Waals surface area contributed by atoms with Gasteiger partial charge in [0.1, 0.15) is 0 Å². The van der Waals surface area contributed by atoms with Gasteiger partial charge in [0.2, 0.25) is 5.52 Å². The van der Waals surface area contributed by atoms with E-state index in [1.807, 2.05) is 19.1 Å². The van der Waals surface area contributed by atoms with E-state index >= 15 is 0 Å². The normalized spacial score (nSPS) is 13.2. The highest BCUT2D eigenvalue weighted by Gasteiger charge is 2.44. The van der Waals surface area contributed by atoms with Gasteiger partial charge in [-0.25, -0.2) is 4.79 Å². The first-order chi connectivity index (χ1) is 10.8. The molecule has 23 heavy (non-hydrogen) atoms. The maximum atomic E-state index is 13.4. The van der Waals surface area contributed by atoms with Gasteiger partial charge in [-0.2, -0.15) is 0 Å². The van der Waals surface area contributed by atoms with E-state index in [1.54, 1.807) is 32.0 Å². The maximum absolute atomic E-state index is 13.4. The van der Waals surface area contributed by atoms with Crippen molar-refractivity contribution in [3.8, 4) is 0 Å². The van der Waals surface area contributed by atoms with Crippen LogP contribution in [0.1, 0.15) is 27.0 Å². The molecule has 2 rings (SSSR count). The Morgan fingerprint density at radius 2 is 1.48 bits per heavy atom. The van der Waals surface area contributed by atoms with E-state index in [0.29, 0.717) is 16.7 Å². The van der Waals surface area contributed by atoms with E-state index in [0.717, 1.165) is 12.7 Å². The topological polar surface area (TPSA) is 60.4 Å². The molecule has 0 spiro atoms. The van der Waals surface area contributed by atoms with Crippen molar-refractivity contribution < 1.29 is 18.9 Å². The lowest BCUT2D eigenvalue weighted by atomic mass is 10.0. The Balaban J connectivity index is 2.70. The van der Waals surface area contributed by atoms with Gasteiger partial charge in [-0.15, -0.1) is 0 Å². The van der Waals surface area contributed by atoms with Gasteiger partial charge in [0.05, 0.1) is 7.11 Å². The maximum Gasteiger partial charge on any atom is 0.376 e. The molecule has 1 unspecified atom stereocenters. The highest BCUT2D eigenvalue weighted by atomic mass is 31.2. The molecule has 0 aliphatic carbocycles. The second kappa shape index (κ2) is 6.51. The van der Waals surface area contributed by atoms with E-state index in [-0.39, 0.29) is 5.30 Å². The lowest BCUT2D eigenvalue weighted by Gasteiger charge is -2.18. The first-order valence-electron chi connectivity index (χ1n) is 7.19. The molecule has 2 aromatic carbocycles. The summed E-state index contributed by atoms with van der Waals surface area (Å²) in [6.07, 6.45) is 0. The van der Waals surface area contributed by atoms with Gasteiger partial charge in [0.25, 0.3) is 7.14 Å². The summed E-state index contributed by atoms with van der Waals surface area (Å²) in [5, 5.41) is 0.191. The molecule has 0 saturated heterocycles. The molecule has 0 aliphatic rings.